The van der Waals surface area contributed by atoms with Crippen molar-refractivity contribution in [1.82, 2.24) is 5.32 Å². The van der Waals surface area contributed by atoms with E-state index in [0.717, 1.165) is 15.6 Å². The van der Waals surface area contributed by atoms with Gasteiger partial charge >= 0.3 is 0 Å². The first-order chi connectivity index (χ1) is 9.87. The smallest absolute Gasteiger partial charge is 0.225 e. The van der Waals surface area contributed by atoms with Gasteiger partial charge in [-0.05, 0) is 49.2 Å². The number of nitrogens with two attached hydrogens (primary N) is 1. The van der Waals surface area contributed by atoms with Crippen LogP contribution in [0.15, 0.2) is 53.0 Å². The zero-order valence-electron chi connectivity index (χ0n) is 12.2. The van der Waals surface area contributed by atoms with E-state index in [0.29, 0.717) is 12.1 Å². The summed E-state index contributed by atoms with van der Waals surface area (Å²) in [4.78, 5) is 12.2. The maximum atomic E-state index is 12.2. The van der Waals surface area contributed by atoms with Gasteiger partial charge in [0.1, 0.15) is 0 Å². The van der Waals surface area contributed by atoms with E-state index in [1.165, 1.54) is 0 Å². The topological polar surface area (TPSA) is 55.1 Å². The van der Waals surface area contributed by atoms with Crippen LogP contribution >= 0.6 is 15.9 Å². The van der Waals surface area contributed by atoms with Gasteiger partial charge in [0.25, 0.3) is 0 Å². The van der Waals surface area contributed by atoms with Crippen LogP contribution in [0, 0.1) is 0 Å². The molecule has 0 unspecified atom stereocenters. The van der Waals surface area contributed by atoms with Crippen molar-refractivity contribution in [2.45, 2.75) is 25.8 Å². The van der Waals surface area contributed by atoms with Gasteiger partial charge in [-0.25, -0.2) is 0 Å². The van der Waals surface area contributed by atoms with Gasteiger partial charge in [-0.3, -0.25) is 4.79 Å². The minimum absolute atomic E-state index is 0.00677. The molecule has 0 aliphatic heterocycles. The molecule has 0 saturated heterocycles. The van der Waals surface area contributed by atoms with Crippen molar-refractivity contribution in [2.75, 3.05) is 5.73 Å². The standard InChI is InChI=1S/C17H19BrN2O/c1-17(2,13-5-7-14(18)8-6-13)20-16(21)11-12-3-9-15(19)10-4-12/h3-10H,11,19H2,1-2H3,(H,20,21). The molecule has 2 aromatic carbocycles. The Morgan fingerprint density at radius 2 is 1.67 bits per heavy atom. The largest absolute Gasteiger partial charge is 0.399 e. The number of carbonyl (C=O) groups is 1. The van der Waals surface area contributed by atoms with Gasteiger partial charge in [-0.2, -0.15) is 0 Å². The molecular formula is C17H19BrN2O. The Kier molecular flexibility index (Phi) is 4.68. The second kappa shape index (κ2) is 6.31. The van der Waals surface area contributed by atoms with Crippen LogP contribution in [0.4, 0.5) is 5.69 Å². The SMILES string of the molecule is CC(C)(NC(=O)Cc1ccc(N)cc1)c1ccc(Br)cc1. The molecule has 0 aliphatic rings. The van der Waals surface area contributed by atoms with Gasteiger partial charge in [-0.1, -0.05) is 40.2 Å². The molecule has 3 N–H and O–H groups in total. The fraction of sp³-hybridized carbons (Fsp3) is 0.235. The van der Waals surface area contributed by atoms with Gasteiger partial charge in [0.05, 0.1) is 12.0 Å². The summed E-state index contributed by atoms with van der Waals surface area (Å²) >= 11 is 3.42. The number of rotatable bonds is 4. The van der Waals surface area contributed by atoms with Crippen molar-refractivity contribution in [3.63, 3.8) is 0 Å². The fourth-order valence-electron chi connectivity index (χ4n) is 2.15. The Morgan fingerprint density at radius 1 is 1.10 bits per heavy atom. The third-order valence-corrected chi connectivity index (χ3v) is 3.89. The van der Waals surface area contributed by atoms with Crippen LogP contribution in [0.25, 0.3) is 0 Å². The molecule has 0 radical (unpaired) electrons. The molecule has 0 fully saturated rings. The van der Waals surface area contributed by atoms with E-state index in [1.807, 2.05) is 62.4 Å². The summed E-state index contributed by atoms with van der Waals surface area (Å²) in [5.74, 6) is -0.00677. The number of nitrogens with one attached hydrogen (secondary N) is 1. The second-order valence-corrected chi connectivity index (χ2v) is 6.51. The van der Waals surface area contributed by atoms with Gasteiger partial charge in [0.2, 0.25) is 5.91 Å². The van der Waals surface area contributed by atoms with E-state index in [9.17, 15) is 4.79 Å². The Morgan fingerprint density at radius 3 is 2.24 bits per heavy atom. The predicted octanol–water partition coefficient (Wildman–Crippen LogP) is 3.63. The van der Waals surface area contributed by atoms with E-state index >= 15 is 0 Å². The third-order valence-electron chi connectivity index (χ3n) is 3.36. The number of nitrogen functional groups attached to an aromatic ring is 1. The maximum Gasteiger partial charge on any atom is 0.225 e. The van der Waals surface area contributed by atoms with Crippen LogP contribution in [0.5, 0.6) is 0 Å². The van der Waals surface area contributed by atoms with Crippen LogP contribution in [0.1, 0.15) is 25.0 Å². The van der Waals surface area contributed by atoms with Crippen molar-refractivity contribution < 1.29 is 4.79 Å². The summed E-state index contributed by atoms with van der Waals surface area (Å²) in [6.07, 6.45) is 0.347. The first-order valence-electron chi connectivity index (χ1n) is 6.78. The van der Waals surface area contributed by atoms with Crippen molar-refractivity contribution in [2.24, 2.45) is 0 Å². The summed E-state index contributed by atoms with van der Waals surface area (Å²) in [6.45, 7) is 3.99. The number of hydrogen-bond acceptors (Lipinski definition) is 2. The number of hydrogen-bond donors (Lipinski definition) is 2. The molecule has 21 heavy (non-hydrogen) atoms. The summed E-state index contributed by atoms with van der Waals surface area (Å²) in [6, 6.07) is 15.3. The molecule has 0 atom stereocenters. The highest BCUT2D eigenvalue weighted by atomic mass is 79.9. The van der Waals surface area contributed by atoms with Gasteiger partial charge < -0.3 is 11.1 Å². The third kappa shape index (κ3) is 4.33. The fourth-order valence-corrected chi connectivity index (χ4v) is 2.42. The Labute approximate surface area is 133 Å². The molecule has 0 heterocycles. The number of anilines is 1. The molecular weight excluding hydrogens is 328 g/mol. The molecule has 0 aliphatic carbocycles. The minimum atomic E-state index is -0.411. The zero-order chi connectivity index (χ0) is 15.5. The summed E-state index contributed by atoms with van der Waals surface area (Å²) in [5, 5.41) is 3.07. The van der Waals surface area contributed by atoms with Crippen LogP contribution in [-0.2, 0) is 16.8 Å². The summed E-state index contributed by atoms with van der Waals surface area (Å²) in [5.41, 5.74) is 7.95. The van der Waals surface area contributed by atoms with Crippen molar-refractivity contribution in [3.05, 3.63) is 64.1 Å². The van der Waals surface area contributed by atoms with Crippen molar-refractivity contribution in [1.29, 1.82) is 0 Å². The van der Waals surface area contributed by atoms with E-state index in [-0.39, 0.29) is 5.91 Å². The zero-order valence-corrected chi connectivity index (χ0v) is 13.8. The van der Waals surface area contributed by atoms with E-state index in [1.54, 1.807) is 0 Å². The van der Waals surface area contributed by atoms with Gasteiger partial charge in [0, 0.05) is 10.2 Å². The lowest BCUT2D eigenvalue weighted by Crippen LogP contribution is -2.41. The molecule has 4 heteroatoms. The minimum Gasteiger partial charge on any atom is -0.399 e. The highest BCUT2D eigenvalue weighted by Gasteiger charge is 2.22. The van der Waals surface area contributed by atoms with Crippen LogP contribution in [-0.4, -0.2) is 5.91 Å². The second-order valence-electron chi connectivity index (χ2n) is 5.60. The molecule has 3 nitrogen and oxygen atoms in total. The van der Waals surface area contributed by atoms with Crippen LogP contribution < -0.4 is 11.1 Å². The molecule has 0 aromatic heterocycles. The lowest BCUT2D eigenvalue weighted by molar-refractivity contribution is -0.122. The number of benzene rings is 2. The first kappa shape index (κ1) is 15.6. The van der Waals surface area contributed by atoms with Crippen molar-refractivity contribution in [3.8, 4) is 0 Å². The quantitative estimate of drug-likeness (QED) is 0.830. The van der Waals surface area contributed by atoms with Crippen LogP contribution in [0.3, 0.4) is 0 Å². The molecule has 2 aromatic rings. The predicted molar refractivity (Wildman–Crippen MR) is 89.9 cm³/mol. The average molecular weight is 347 g/mol. The number of halogens is 1. The molecule has 0 saturated carbocycles. The Bertz CT molecular complexity index is 618. The summed E-state index contributed by atoms with van der Waals surface area (Å²) < 4.78 is 1.02. The number of carbonyl (C=O) groups excluding carboxylic acids is 1. The summed E-state index contributed by atoms with van der Waals surface area (Å²) in [7, 11) is 0. The van der Waals surface area contributed by atoms with Crippen molar-refractivity contribution >= 4 is 27.5 Å². The molecule has 0 spiro atoms. The first-order valence-corrected chi connectivity index (χ1v) is 7.57. The highest BCUT2D eigenvalue weighted by molar-refractivity contribution is 9.10. The van der Waals surface area contributed by atoms with Gasteiger partial charge in [0.15, 0.2) is 0 Å². The highest BCUT2D eigenvalue weighted by Crippen LogP contribution is 2.22. The average Bonchev–Trinajstić information content (AvgIpc) is 2.41. The number of amides is 1. The molecule has 110 valence electrons. The van der Waals surface area contributed by atoms with E-state index < -0.39 is 5.54 Å². The lowest BCUT2D eigenvalue weighted by Gasteiger charge is -2.27. The van der Waals surface area contributed by atoms with E-state index in [2.05, 4.69) is 21.2 Å². The molecule has 1 amide bonds. The lowest BCUT2D eigenvalue weighted by atomic mass is 9.94. The van der Waals surface area contributed by atoms with E-state index in [4.69, 9.17) is 5.73 Å². The monoisotopic (exact) mass is 346 g/mol. The normalized spacial score (nSPS) is 11.2. The Hall–Kier alpha value is -1.81. The van der Waals surface area contributed by atoms with Gasteiger partial charge in [-0.15, -0.1) is 0 Å². The maximum absolute atomic E-state index is 12.2. The molecule has 0 bridgehead atoms. The Balaban J connectivity index is 2.03. The molecule has 2 rings (SSSR count). The van der Waals surface area contributed by atoms with Crippen LogP contribution in [0.2, 0.25) is 0 Å².